The summed E-state index contributed by atoms with van der Waals surface area (Å²) in [5.41, 5.74) is 2.92. The molecule has 0 spiro atoms. The van der Waals surface area contributed by atoms with Gasteiger partial charge in [0.25, 0.3) is 0 Å². The summed E-state index contributed by atoms with van der Waals surface area (Å²) in [7, 11) is -5.70. The second-order valence-corrected chi connectivity index (χ2v) is 15.2. The molecule has 2 aromatic heterocycles. The zero-order valence-corrected chi connectivity index (χ0v) is 24.8. The predicted octanol–water partition coefficient (Wildman–Crippen LogP) is 3.32. The van der Waals surface area contributed by atoms with Gasteiger partial charge < -0.3 is 0 Å². The lowest BCUT2D eigenvalue weighted by atomic mass is 9.97. The van der Waals surface area contributed by atoms with Gasteiger partial charge in [0.15, 0.2) is 0 Å². The molecule has 212 valence electrons. The highest BCUT2D eigenvalue weighted by Crippen LogP contribution is 2.39. The van der Waals surface area contributed by atoms with E-state index in [1.165, 1.54) is 4.31 Å². The van der Waals surface area contributed by atoms with Crippen molar-refractivity contribution in [3.8, 4) is 17.5 Å². The van der Waals surface area contributed by atoms with Gasteiger partial charge >= 0.3 is 0 Å². The average molecular weight is 584 g/mol. The molecule has 11 nitrogen and oxygen atoms in total. The first kappa shape index (κ1) is 28.4. The highest BCUT2D eigenvalue weighted by Gasteiger charge is 2.47. The fourth-order valence-electron chi connectivity index (χ4n) is 4.86. The van der Waals surface area contributed by atoms with Crippen molar-refractivity contribution in [3.63, 3.8) is 0 Å². The first-order chi connectivity index (χ1) is 18.8. The van der Waals surface area contributed by atoms with Crippen molar-refractivity contribution in [3.05, 3.63) is 41.6 Å². The first-order valence-electron chi connectivity index (χ1n) is 13.3. The fraction of sp³-hybridized carbons (Fsp3) is 0.481. The van der Waals surface area contributed by atoms with Gasteiger partial charge in [-0.1, -0.05) is 19.9 Å². The van der Waals surface area contributed by atoms with Gasteiger partial charge in [-0.05, 0) is 68.9 Å². The number of nitriles is 1. The van der Waals surface area contributed by atoms with E-state index in [0.29, 0.717) is 47.1 Å². The molecule has 1 N–H and O–H groups in total. The van der Waals surface area contributed by atoms with E-state index in [-0.39, 0.29) is 23.9 Å². The van der Waals surface area contributed by atoms with Crippen LogP contribution in [-0.2, 0) is 27.1 Å². The normalized spacial score (nSPS) is 17.8. The monoisotopic (exact) mass is 583 g/mol. The second kappa shape index (κ2) is 10.0. The molecule has 1 aromatic carbocycles. The van der Waals surface area contributed by atoms with Crippen molar-refractivity contribution in [1.82, 2.24) is 29.0 Å². The van der Waals surface area contributed by atoms with Gasteiger partial charge in [0.05, 0.1) is 27.4 Å². The van der Waals surface area contributed by atoms with Crippen molar-refractivity contribution in [2.75, 3.05) is 13.1 Å². The van der Waals surface area contributed by atoms with Crippen molar-refractivity contribution >= 4 is 36.5 Å². The minimum Gasteiger partial charge on any atom is -0.267 e. The number of nitrogens with one attached hydrogen (secondary N) is 1. The molecule has 0 atom stereocenters. The van der Waals surface area contributed by atoms with E-state index in [0.717, 1.165) is 11.3 Å². The van der Waals surface area contributed by atoms with Crippen molar-refractivity contribution < 1.29 is 16.8 Å². The van der Waals surface area contributed by atoms with Gasteiger partial charge in [-0.15, -0.1) is 5.10 Å². The summed E-state index contributed by atoms with van der Waals surface area (Å²) in [5.74, 6) is 0.198. The van der Waals surface area contributed by atoms with Crippen LogP contribution < -0.4 is 4.72 Å². The molecule has 1 fully saturated rings. The van der Waals surface area contributed by atoms with Gasteiger partial charge in [0.1, 0.15) is 16.9 Å². The van der Waals surface area contributed by atoms with E-state index in [9.17, 15) is 22.1 Å². The molecule has 0 amide bonds. The molecule has 13 heteroatoms. The fourth-order valence-corrected chi connectivity index (χ4v) is 7.51. The molecule has 0 saturated heterocycles. The van der Waals surface area contributed by atoms with Crippen LogP contribution in [0.5, 0.6) is 0 Å². The molecule has 1 saturated carbocycles. The number of hydrogen-bond donors (Lipinski definition) is 1. The van der Waals surface area contributed by atoms with Crippen LogP contribution in [0.25, 0.3) is 27.9 Å². The summed E-state index contributed by atoms with van der Waals surface area (Å²) >= 11 is 0. The zero-order chi connectivity index (χ0) is 29.0. The summed E-state index contributed by atoms with van der Waals surface area (Å²) in [6.07, 6.45) is 3.16. The Kier molecular flexibility index (Phi) is 7.11. The third-order valence-corrected chi connectivity index (χ3v) is 11.3. The maximum absolute atomic E-state index is 13.5. The lowest BCUT2D eigenvalue weighted by Crippen LogP contribution is -2.39. The third kappa shape index (κ3) is 5.05. The first-order valence-corrected chi connectivity index (χ1v) is 16.2. The Morgan fingerprint density at radius 1 is 1.07 bits per heavy atom. The molecule has 40 heavy (non-hydrogen) atoms. The van der Waals surface area contributed by atoms with Crippen molar-refractivity contribution in [2.45, 2.75) is 68.6 Å². The SMILES string of the molecule is CC(C)c1ccc(-c2nn(C)c3c(C4=CCN(S(=O)(=O)C(C)C)CC4)cc(S(=O)(=O)NC4(C#N)CC4)cc23)nn1. The van der Waals surface area contributed by atoms with Crippen LogP contribution in [0.4, 0.5) is 0 Å². The molecular formula is C27H33N7O4S2. The van der Waals surface area contributed by atoms with Gasteiger partial charge in [0.2, 0.25) is 20.0 Å². The average Bonchev–Trinajstić information content (AvgIpc) is 3.61. The van der Waals surface area contributed by atoms with Gasteiger partial charge in [0, 0.05) is 31.1 Å². The molecule has 3 aromatic rings. The minimum atomic E-state index is -4.05. The standard InChI is InChI=1S/C27H33N7O4S2/c1-17(2)23-6-7-24(30-29-23)25-22-15-20(39(35,36)32-27(16-28)10-11-27)14-21(26(22)33(5)31-25)19-8-12-34(13-9-19)40(37,38)18(3)4/h6-8,14-15,17-18,32H,9-13H2,1-5H3. The molecule has 1 aliphatic heterocycles. The van der Waals surface area contributed by atoms with Crippen LogP contribution in [0.15, 0.2) is 35.2 Å². The molecule has 3 heterocycles. The highest BCUT2D eigenvalue weighted by molar-refractivity contribution is 7.89. The Morgan fingerprint density at radius 3 is 2.33 bits per heavy atom. The maximum atomic E-state index is 13.5. The van der Waals surface area contributed by atoms with E-state index in [1.807, 2.05) is 32.1 Å². The highest BCUT2D eigenvalue weighted by atomic mass is 32.2. The third-order valence-electron chi connectivity index (χ3n) is 7.51. The Hall–Kier alpha value is -3.18. The smallest absolute Gasteiger partial charge is 0.241 e. The Bertz CT molecular complexity index is 1760. The predicted molar refractivity (Wildman–Crippen MR) is 152 cm³/mol. The van der Waals surface area contributed by atoms with E-state index >= 15 is 0 Å². The topological polar surface area (TPSA) is 151 Å². The number of aromatic nitrogens is 4. The number of nitrogens with zero attached hydrogens (tertiary/aromatic N) is 6. The Labute approximate surface area is 235 Å². The summed E-state index contributed by atoms with van der Waals surface area (Å²) in [5, 5.41) is 23.0. The zero-order valence-electron chi connectivity index (χ0n) is 23.2. The summed E-state index contributed by atoms with van der Waals surface area (Å²) in [4.78, 5) is 0.00988. The van der Waals surface area contributed by atoms with Gasteiger partial charge in [-0.25, -0.2) is 16.8 Å². The lowest BCUT2D eigenvalue weighted by Gasteiger charge is -2.28. The Balaban J connectivity index is 1.67. The van der Waals surface area contributed by atoms with E-state index < -0.39 is 30.8 Å². The molecule has 0 radical (unpaired) electrons. The molecule has 0 unspecified atom stereocenters. The van der Waals surface area contributed by atoms with Crippen LogP contribution in [0, 0.1) is 11.3 Å². The van der Waals surface area contributed by atoms with E-state index in [2.05, 4.69) is 21.0 Å². The van der Waals surface area contributed by atoms with E-state index in [1.54, 1.807) is 37.7 Å². The minimum absolute atomic E-state index is 0.00988. The molecule has 5 rings (SSSR count). The van der Waals surface area contributed by atoms with Gasteiger partial charge in [-0.2, -0.15) is 24.5 Å². The summed E-state index contributed by atoms with van der Waals surface area (Å²) in [6.45, 7) is 7.83. The van der Waals surface area contributed by atoms with Crippen LogP contribution in [0.3, 0.4) is 0 Å². The number of hydrogen-bond acceptors (Lipinski definition) is 8. The molecular weight excluding hydrogens is 550 g/mol. The van der Waals surface area contributed by atoms with Crippen molar-refractivity contribution in [1.29, 1.82) is 5.26 Å². The Morgan fingerprint density at radius 2 is 1.80 bits per heavy atom. The maximum Gasteiger partial charge on any atom is 0.241 e. The van der Waals surface area contributed by atoms with Crippen LogP contribution in [0.1, 0.15) is 64.1 Å². The quantitative estimate of drug-likeness (QED) is 0.424. The van der Waals surface area contributed by atoms with Gasteiger partial charge in [-0.3, -0.25) is 4.68 Å². The number of rotatable bonds is 8. The molecule has 0 bridgehead atoms. The number of sulfonamides is 2. The molecule has 1 aliphatic carbocycles. The van der Waals surface area contributed by atoms with Crippen LogP contribution in [-0.4, -0.2) is 65.0 Å². The van der Waals surface area contributed by atoms with Crippen LogP contribution >= 0.6 is 0 Å². The lowest BCUT2D eigenvalue weighted by molar-refractivity contribution is 0.435. The van der Waals surface area contributed by atoms with E-state index in [4.69, 9.17) is 5.10 Å². The van der Waals surface area contributed by atoms with Crippen LogP contribution in [0.2, 0.25) is 0 Å². The number of benzene rings is 1. The summed E-state index contributed by atoms with van der Waals surface area (Å²) in [6, 6.07) is 8.94. The summed E-state index contributed by atoms with van der Waals surface area (Å²) < 4.78 is 58.2. The number of fused-ring (bicyclic) bond motifs is 1. The molecule has 2 aliphatic rings. The largest absolute Gasteiger partial charge is 0.267 e. The van der Waals surface area contributed by atoms with Crippen molar-refractivity contribution in [2.24, 2.45) is 7.05 Å². The number of aryl methyl sites for hydroxylation is 1. The second-order valence-electron chi connectivity index (χ2n) is 11.1.